The van der Waals surface area contributed by atoms with Crippen molar-refractivity contribution in [3.8, 4) is 0 Å². The van der Waals surface area contributed by atoms with Crippen molar-refractivity contribution in [2.45, 2.75) is 119 Å². The van der Waals surface area contributed by atoms with Crippen molar-refractivity contribution in [1.82, 2.24) is 0 Å². The monoisotopic (exact) mass is 310 g/mol. The largest absolute Gasteiger partial charge is 0.298 e. The van der Waals surface area contributed by atoms with Crippen molar-refractivity contribution in [3.05, 3.63) is 0 Å². The number of hydrogen-bond acceptors (Lipinski definition) is 1. The van der Waals surface area contributed by atoms with Crippen LogP contribution in [0.25, 0.3) is 0 Å². The quantitative estimate of drug-likeness (QED) is 0.307. The van der Waals surface area contributed by atoms with E-state index in [1.54, 1.807) is 0 Å². The van der Waals surface area contributed by atoms with Crippen LogP contribution in [0.2, 0.25) is 0 Å². The van der Waals surface area contributed by atoms with Crippen LogP contribution in [0.3, 0.4) is 0 Å². The molecule has 0 saturated carbocycles. The van der Waals surface area contributed by atoms with Crippen LogP contribution in [0.15, 0.2) is 0 Å². The van der Waals surface area contributed by atoms with Crippen LogP contribution >= 0.6 is 0 Å². The Bertz CT molecular complexity index is 256. The van der Waals surface area contributed by atoms with Crippen LogP contribution in [0.4, 0.5) is 0 Å². The van der Waals surface area contributed by atoms with E-state index in [9.17, 15) is 4.79 Å². The van der Waals surface area contributed by atoms with Gasteiger partial charge in [0.15, 0.2) is 0 Å². The highest BCUT2D eigenvalue weighted by molar-refractivity contribution is 5.90. The lowest BCUT2D eigenvalue weighted by Crippen LogP contribution is -2.43. The molecule has 0 spiro atoms. The summed E-state index contributed by atoms with van der Waals surface area (Å²) in [7, 11) is 0. The van der Waals surface area contributed by atoms with Gasteiger partial charge in [-0.25, -0.2) is 0 Å². The molecule has 0 aromatic rings. The lowest BCUT2D eigenvalue weighted by atomic mass is 9.61. The maximum absolute atomic E-state index is 13.6. The Hall–Kier alpha value is -0.330. The minimum Gasteiger partial charge on any atom is -0.298 e. The lowest BCUT2D eigenvalue weighted by molar-refractivity contribution is -0.141. The molecule has 0 unspecified atom stereocenters. The first-order valence-electron chi connectivity index (χ1n) is 10.1. The number of rotatable bonds is 14. The zero-order chi connectivity index (χ0) is 17.1. The Morgan fingerprint density at radius 3 is 1.14 bits per heavy atom. The number of ketones is 1. The number of unbranched alkanes of at least 4 members (excludes halogenated alkanes) is 4. The van der Waals surface area contributed by atoms with E-state index in [0.29, 0.717) is 5.78 Å². The first-order valence-corrected chi connectivity index (χ1v) is 10.1. The average Bonchev–Trinajstić information content (AvgIpc) is 2.56. The van der Waals surface area contributed by atoms with Crippen LogP contribution in [-0.4, -0.2) is 5.78 Å². The zero-order valence-corrected chi connectivity index (χ0v) is 16.4. The normalized spacial score (nSPS) is 12.6. The highest BCUT2D eigenvalue weighted by Crippen LogP contribution is 2.46. The van der Waals surface area contributed by atoms with Crippen molar-refractivity contribution < 1.29 is 4.79 Å². The van der Waals surface area contributed by atoms with Crippen molar-refractivity contribution >= 4 is 5.78 Å². The maximum atomic E-state index is 13.6. The van der Waals surface area contributed by atoms with E-state index in [-0.39, 0.29) is 10.8 Å². The molecule has 0 aromatic heterocycles. The van der Waals surface area contributed by atoms with Crippen LogP contribution in [0.1, 0.15) is 119 Å². The summed E-state index contributed by atoms with van der Waals surface area (Å²) >= 11 is 0. The second-order valence-corrected chi connectivity index (χ2v) is 7.22. The second-order valence-electron chi connectivity index (χ2n) is 7.22. The van der Waals surface area contributed by atoms with Gasteiger partial charge in [0.25, 0.3) is 0 Å². The Labute approximate surface area is 140 Å². The molecule has 0 aromatic carbocycles. The van der Waals surface area contributed by atoms with Gasteiger partial charge < -0.3 is 0 Å². The number of carbonyl (C=O) groups is 1. The smallest absolute Gasteiger partial charge is 0.145 e. The molecule has 0 atom stereocenters. The fraction of sp³-hybridized carbons (Fsp3) is 0.952. The standard InChI is InChI=1S/C21H42O/c1-7-13-15-17-20(9-3,10-4)19(22)21(11-5,12-6)18-16-14-8-2/h7-18H2,1-6H3. The van der Waals surface area contributed by atoms with Crippen molar-refractivity contribution in [2.24, 2.45) is 10.8 Å². The average molecular weight is 311 g/mol. The highest BCUT2D eigenvalue weighted by Gasteiger charge is 2.45. The fourth-order valence-electron chi connectivity index (χ4n) is 4.07. The molecule has 0 radical (unpaired) electrons. The summed E-state index contributed by atoms with van der Waals surface area (Å²) in [6, 6.07) is 0. The summed E-state index contributed by atoms with van der Waals surface area (Å²) in [5.41, 5.74) is -0.124. The number of hydrogen-bond donors (Lipinski definition) is 0. The third-order valence-corrected chi connectivity index (χ3v) is 6.19. The number of Topliss-reactive ketones (excluding diaryl/α,β-unsaturated/α-hetero) is 1. The summed E-state index contributed by atoms with van der Waals surface area (Å²) in [4.78, 5) is 13.6. The Morgan fingerprint density at radius 2 is 0.909 bits per heavy atom. The fourth-order valence-corrected chi connectivity index (χ4v) is 4.07. The van der Waals surface area contributed by atoms with E-state index in [4.69, 9.17) is 0 Å². The second kappa shape index (κ2) is 11.2. The van der Waals surface area contributed by atoms with Gasteiger partial charge in [-0.1, -0.05) is 80.1 Å². The van der Waals surface area contributed by atoms with Gasteiger partial charge in [0, 0.05) is 10.8 Å². The zero-order valence-electron chi connectivity index (χ0n) is 16.4. The summed E-state index contributed by atoms with van der Waals surface area (Å²) in [5, 5.41) is 0. The summed E-state index contributed by atoms with van der Waals surface area (Å²) in [6.07, 6.45) is 13.7. The SMILES string of the molecule is CCCCCC(CC)(CC)C(=O)C(CC)(CC)CCCCC. The molecule has 0 rings (SSSR count). The summed E-state index contributed by atoms with van der Waals surface area (Å²) in [6.45, 7) is 13.4. The molecule has 22 heavy (non-hydrogen) atoms. The van der Waals surface area contributed by atoms with E-state index in [1.807, 2.05) is 0 Å². The minimum absolute atomic E-state index is 0.0621. The van der Waals surface area contributed by atoms with Crippen molar-refractivity contribution in [1.29, 1.82) is 0 Å². The predicted molar refractivity (Wildman–Crippen MR) is 99.3 cm³/mol. The Kier molecular flexibility index (Phi) is 11.1. The molecule has 0 aliphatic rings. The van der Waals surface area contributed by atoms with Gasteiger partial charge in [0.05, 0.1) is 0 Å². The van der Waals surface area contributed by atoms with E-state index >= 15 is 0 Å². The van der Waals surface area contributed by atoms with E-state index < -0.39 is 0 Å². The summed E-state index contributed by atoms with van der Waals surface area (Å²) in [5.74, 6) is 0.599. The molecule has 0 fully saturated rings. The molecule has 0 saturated heterocycles. The van der Waals surface area contributed by atoms with Crippen LogP contribution in [0, 0.1) is 10.8 Å². The van der Waals surface area contributed by atoms with Crippen LogP contribution in [0.5, 0.6) is 0 Å². The van der Waals surface area contributed by atoms with Gasteiger partial charge in [-0.15, -0.1) is 0 Å². The highest BCUT2D eigenvalue weighted by atomic mass is 16.1. The lowest BCUT2D eigenvalue weighted by Gasteiger charge is -2.41. The minimum atomic E-state index is -0.0621. The maximum Gasteiger partial charge on any atom is 0.145 e. The number of carbonyl (C=O) groups excluding carboxylic acids is 1. The molecule has 0 N–H and O–H groups in total. The van der Waals surface area contributed by atoms with Gasteiger partial charge in [0.1, 0.15) is 5.78 Å². The molecule has 0 heterocycles. The summed E-state index contributed by atoms with van der Waals surface area (Å²) < 4.78 is 0. The van der Waals surface area contributed by atoms with Crippen molar-refractivity contribution in [2.75, 3.05) is 0 Å². The van der Waals surface area contributed by atoms with Gasteiger partial charge >= 0.3 is 0 Å². The molecule has 0 bridgehead atoms. The topological polar surface area (TPSA) is 17.1 Å². The van der Waals surface area contributed by atoms with E-state index in [2.05, 4.69) is 41.5 Å². The third kappa shape index (κ3) is 5.39. The molecule has 132 valence electrons. The van der Waals surface area contributed by atoms with E-state index in [0.717, 1.165) is 38.5 Å². The van der Waals surface area contributed by atoms with Gasteiger partial charge in [-0.2, -0.15) is 0 Å². The Morgan fingerprint density at radius 1 is 0.591 bits per heavy atom. The van der Waals surface area contributed by atoms with Gasteiger partial charge in [-0.3, -0.25) is 4.79 Å². The predicted octanol–water partition coefficient (Wildman–Crippen LogP) is 7.33. The van der Waals surface area contributed by atoms with Crippen LogP contribution in [-0.2, 0) is 4.79 Å². The van der Waals surface area contributed by atoms with Crippen LogP contribution < -0.4 is 0 Å². The molecule has 0 aliphatic carbocycles. The van der Waals surface area contributed by atoms with E-state index in [1.165, 1.54) is 38.5 Å². The molecule has 0 aliphatic heterocycles. The third-order valence-electron chi connectivity index (χ3n) is 6.19. The molecule has 1 nitrogen and oxygen atoms in total. The van der Waals surface area contributed by atoms with Gasteiger partial charge in [-0.05, 0) is 38.5 Å². The Balaban J connectivity index is 5.25. The first-order chi connectivity index (χ1) is 10.5. The van der Waals surface area contributed by atoms with Gasteiger partial charge in [0.2, 0.25) is 0 Å². The molecular weight excluding hydrogens is 268 g/mol. The first kappa shape index (κ1) is 21.7. The molecular formula is C21H42O. The molecule has 0 amide bonds. The molecule has 1 heteroatoms. The van der Waals surface area contributed by atoms with Crippen molar-refractivity contribution in [3.63, 3.8) is 0 Å².